The highest BCUT2D eigenvalue weighted by Gasteiger charge is 2.36. The summed E-state index contributed by atoms with van der Waals surface area (Å²) in [5, 5.41) is 24.9. The molecule has 0 aliphatic heterocycles. The number of nitrogens with zero attached hydrogens (tertiary/aromatic N) is 1. The van der Waals surface area contributed by atoms with Crippen molar-refractivity contribution in [3.8, 4) is 6.07 Å². The summed E-state index contributed by atoms with van der Waals surface area (Å²) in [7, 11) is 0. The number of aliphatic carboxylic acids is 2. The molecule has 0 unspecified atom stereocenters. The molecule has 6 nitrogen and oxygen atoms in total. The van der Waals surface area contributed by atoms with Crippen LogP contribution >= 0.6 is 0 Å². The lowest BCUT2D eigenvalue weighted by Gasteiger charge is -2.18. The van der Waals surface area contributed by atoms with Crippen molar-refractivity contribution in [2.75, 3.05) is 0 Å². The summed E-state index contributed by atoms with van der Waals surface area (Å²) in [4.78, 5) is 20.5. The quantitative estimate of drug-likeness (QED) is 0.507. The van der Waals surface area contributed by atoms with Crippen LogP contribution in [0.4, 0.5) is 0 Å². The topological polar surface area (TPSA) is 124 Å². The summed E-state index contributed by atoms with van der Waals surface area (Å²) in [6.07, 6.45) is -1.27. The standard InChI is InChI=1S/C6H8N2O4/c7-2-1-6(8,5(11)12)3-4(9)10/h1,3,8H2,(H,9,10)(H,11,12)/t6-/m0/s1. The minimum Gasteiger partial charge on any atom is -0.481 e. The fourth-order valence-corrected chi connectivity index (χ4v) is 0.625. The van der Waals surface area contributed by atoms with Gasteiger partial charge in [0.2, 0.25) is 0 Å². The maximum Gasteiger partial charge on any atom is 0.325 e. The molecular formula is C6H8N2O4. The van der Waals surface area contributed by atoms with Gasteiger partial charge in [-0.2, -0.15) is 5.26 Å². The molecule has 0 radical (unpaired) electrons. The zero-order chi connectivity index (χ0) is 9.78. The average molecular weight is 172 g/mol. The van der Waals surface area contributed by atoms with E-state index in [0.29, 0.717) is 0 Å². The number of carbonyl (C=O) groups is 2. The van der Waals surface area contributed by atoms with E-state index in [1.54, 1.807) is 0 Å². The van der Waals surface area contributed by atoms with E-state index in [9.17, 15) is 9.59 Å². The maximum atomic E-state index is 10.4. The van der Waals surface area contributed by atoms with Crippen molar-refractivity contribution in [3.05, 3.63) is 0 Å². The number of carboxylic acids is 2. The third kappa shape index (κ3) is 2.56. The first-order valence-electron chi connectivity index (χ1n) is 3.03. The van der Waals surface area contributed by atoms with E-state index in [1.807, 2.05) is 0 Å². The summed E-state index contributed by atoms with van der Waals surface area (Å²) in [5.74, 6) is -2.82. The van der Waals surface area contributed by atoms with Gasteiger partial charge < -0.3 is 15.9 Å². The van der Waals surface area contributed by atoms with Crippen LogP contribution in [-0.2, 0) is 9.59 Å². The van der Waals surface area contributed by atoms with Crippen LogP contribution in [0.15, 0.2) is 0 Å². The van der Waals surface area contributed by atoms with Crippen molar-refractivity contribution in [1.82, 2.24) is 0 Å². The van der Waals surface area contributed by atoms with Crippen molar-refractivity contribution in [2.45, 2.75) is 18.4 Å². The minimum absolute atomic E-state index is 0.519. The summed E-state index contributed by atoms with van der Waals surface area (Å²) in [6.45, 7) is 0. The molecule has 0 aliphatic rings. The molecule has 4 N–H and O–H groups in total. The van der Waals surface area contributed by atoms with E-state index in [0.717, 1.165) is 0 Å². The summed E-state index contributed by atoms with van der Waals surface area (Å²) < 4.78 is 0. The van der Waals surface area contributed by atoms with Gasteiger partial charge in [-0.05, 0) is 0 Å². The molecule has 0 aliphatic carbocycles. The molecule has 0 aromatic rings. The second-order valence-corrected chi connectivity index (χ2v) is 2.37. The van der Waals surface area contributed by atoms with Crippen molar-refractivity contribution in [3.63, 3.8) is 0 Å². The van der Waals surface area contributed by atoms with E-state index >= 15 is 0 Å². The maximum absolute atomic E-state index is 10.4. The van der Waals surface area contributed by atoms with Gasteiger partial charge in [-0.3, -0.25) is 9.59 Å². The van der Waals surface area contributed by atoms with E-state index in [4.69, 9.17) is 21.2 Å². The first kappa shape index (κ1) is 10.4. The van der Waals surface area contributed by atoms with Gasteiger partial charge in [-0.25, -0.2) is 0 Å². The van der Waals surface area contributed by atoms with Crippen LogP contribution in [0.2, 0.25) is 0 Å². The Morgan fingerprint density at radius 3 is 2.25 bits per heavy atom. The Morgan fingerprint density at radius 1 is 1.50 bits per heavy atom. The molecular weight excluding hydrogens is 164 g/mol. The Bertz CT molecular complexity index is 244. The SMILES string of the molecule is N#CC[C@](N)(CC(=O)O)C(=O)O. The highest BCUT2D eigenvalue weighted by Crippen LogP contribution is 2.11. The van der Waals surface area contributed by atoms with Crippen molar-refractivity contribution < 1.29 is 19.8 Å². The molecule has 66 valence electrons. The molecule has 0 rings (SSSR count). The molecule has 0 heterocycles. The Hall–Kier alpha value is -1.61. The van der Waals surface area contributed by atoms with Crippen LogP contribution in [0, 0.1) is 11.3 Å². The van der Waals surface area contributed by atoms with Gasteiger partial charge in [0.1, 0.15) is 5.54 Å². The summed E-state index contributed by atoms with van der Waals surface area (Å²) in [5.41, 5.74) is 3.18. The molecule has 1 atom stereocenters. The summed E-state index contributed by atoms with van der Waals surface area (Å²) in [6, 6.07) is 1.53. The molecule has 0 spiro atoms. The Kier molecular flexibility index (Phi) is 3.19. The fraction of sp³-hybridized carbons (Fsp3) is 0.500. The zero-order valence-electron chi connectivity index (χ0n) is 6.15. The zero-order valence-corrected chi connectivity index (χ0v) is 6.15. The fourth-order valence-electron chi connectivity index (χ4n) is 0.625. The lowest BCUT2D eigenvalue weighted by Crippen LogP contribution is -2.49. The molecule has 0 bridgehead atoms. The molecule has 0 saturated heterocycles. The van der Waals surface area contributed by atoms with Crippen LogP contribution in [0.25, 0.3) is 0 Å². The monoisotopic (exact) mass is 172 g/mol. The number of hydrogen-bond acceptors (Lipinski definition) is 4. The normalized spacial score (nSPS) is 14.3. The largest absolute Gasteiger partial charge is 0.481 e. The number of rotatable bonds is 4. The molecule has 0 amide bonds. The second-order valence-electron chi connectivity index (χ2n) is 2.37. The highest BCUT2D eigenvalue weighted by molar-refractivity contribution is 5.85. The third-order valence-corrected chi connectivity index (χ3v) is 1.29. The third-order valence-electron chi connectivity index (χ3n) is 1.29. The second kappa shape index (κ2) is 3.69. The van der Waals surface area contributed by atoms with E-state index in [2.05, 4.69) is 0 Å². The van der Waals surface area contributed by atoms with Gasteiger partial charge in [0.25, 0.3) is 0 Å². The van der Waals surface area contributed by atoms with Crippen LogP contribution in [0.3, 0.4) is 0 Å². The van der Waals surface area contributed by atoms with Crippen molar-refractivity contribution >= 4 is 11.9 Å². The van der Waals surface area contributed by atoms with Crippen LogP contribution in [0.1, 0.15) is 12.8 Å². The van der Waals surface area contributed by atoms with Crippen LogP contribution in [0.5, 0.6) is 0 Å². The van der Waals surface area contributed by atoms with Gasteiger partial charge in [0, 0.05) is 0 Å². The minimum atomic E-state index is -1.97. The average Bonchev–Trinajstić information content (AvgIpc) is 1.85. The van der Waals surface area contributed by atoms with E-state index in [1.165, 1.54) is 6.07 Å². The van der Waals surface area contributed by atoms with Gasteiger partial charge in [0.15, 0.2) is 0 Å². The lowest BCUT2D eigenvalue weighted by atomic mass is 9.93. The Balaban J connectivity index is 4.52. The smallest absolute Gasteiger partial charge is 0.325 e. The molecule has 12 heavy (non-hydrogen) atoms. The van der Waals surface area contributed by atoms with Crippen molar-refractivity contribution in [1.29, 1.82) is 5.26 Å². The number of nitrogens with two attached hydrogens (primary N) is 1. The number of carboxylic acid groups (broad SMARTS) is 2. The van der Waals surface area contributed by atoms with Gasteiger partial charge in [-0.15, -0.1) is 0 Å². The first-order chi connectivity index (χ1) is 5.42. The van der Waals surface area contributed by atoms with Crippen molar-refractivity contribution in [2.24, 2.45) is 5.73 Å². The van der Waals surface area contributed by atoms with Gasteiger partial charge in [0.05, 0.1) is 18.9 Å². The lowest BCUT2D eigenvalue weighted by molar-refractivity contribution is -0.149. The summed E-state index contributed by atoms with van der Waals surface area (Å²) >= 11 is 0. The number of nitriles is 1. The molecule has 6 heteroatoms. The highest BCUT2D eigenvalue weighted by atomic mass is 16.4. The molecule has 0 aromatic carbocycles. The molecule has 0 aromatic heterocycles. The van der Waals surface area contributed by atoms with E-state index in [-0.39, 0.29) is 0 Å². The predicted octanol–water partition coefficient (Wildman–Crippen LogP) is -0.843. The van der Waals surface area contributed by atoms with Gasteiger partial charge in [-0.1, -0.05) is 0 Å². The first-order valence-corrected chi connectivity index (χ1v) is 3.03. The molecule has 0 saturated carbocycles. The van der Waals surface area contributed by atoms with Crippen LogP contribution < -0.4 is 5.73 Å². The molecule has 0 fully saturated rings. The van der Waals surface area contributed by atoms with Crippen LogP contribution in [-0.4, -0.2) is 27.7 Å². The predicted molar refractivity (Wildman–Crippen MR) is 37.0 cm³/mol. The van der Waals surface area contributed by atoms with E-state index < -0.39 is 30.3 Å². The Morgan fingerprint density at radius 2 is 2.00 bits per heavy atom. The number of hydrogen-bond donors (Lipinski definition) is 3. The van der Waals surface area contributed by atoms with Gasteiger partial charge >= 0.3 is 11.9 Å². The Labute approximate surface area is 68.2 Å².